The number of fused-ring (bicyclic) bond motifs is 1. The third-order valence-electron chi connectivity index (χ3n) is 11.7. The molecular weight excluding hydrogens is 866 g/mol. The van der Waals surface area contributed by atoms with Gasteiger partial charge in [0.15, 0.2) is 0 Å². The highest BCUT2D eigenvalue weighted by Crippen LogP contribution is 2.51. The molecule has 0 radical (unpaired) electrons. The maximum atomic E-state index is 14.5. The normalized spacial score (nSPS) is 17.9. The zero-order valence-electron chi connectivity index (χ0n) is 37.6. The number of ketones is 1. The van der Waals surface area contributed by atoms with Crippen molar-refractivity contribution in [3.63, 3.8) is 0 Å². The number of nitrogens with zero attached hydrogens (tertiary/aromatic N) is 3. The summed E-state index contributed by atoms with van der Waals surface area (Å²) < 4.78 is 34.0. The number of Topliss-reactive ketones (excluding diaryl/α,β-unsaturated/α-hetero) is 1. The topological polar surface area (TPSA) is 128 Å². The van der Waals surface area contributed by atoms with Gasteiger partial charge in [-0.2, -0.15) is 5.26 Å². The summed E-state index contributed by atoms with van der Waals surface area (Å²) in [7, 11) is 5.04. The number of hydrogen-bond acceptors (Lipinski definition) is 12. The summed E-state index contributed by atoms with van der Waals surface area (Å²) in [6.45, 7) is 9.34. The molecule has 0 aromatic heterocycles. The molecule has 64 heavy (non-hydrogen) atoms. The van der Waals surface area contributed by atoms with Crippen LogP contribution < -0.4 is 9.47 Å². The molecule has 6 rings (SSSR count). The van der Waals surface area contributed by atoms with Gasteiger partial charge in [0.05, 0.1) is 57.2 Å². The van der Waals surface area contributed by atoms with E-state index in [1.54, 1.807) is 60.1 Å². The summed E-state index contributed by atoms with van der Waals surface area (Å²) >= 11 is 0. The van der Waals surface area contributed by atoms with E-state index < -0.39 is 14.1 Å². The predicted octanol–water partition coefficient (Wildman–Crippen LogP) is 10.7. The number of imide groups is 1. The molecule has 1 heterocycles. The first-order valence-electron chi connectivity index (χ1n) is 22.0. The molecule has 4 aromatic rings. The number of hydrogen-bond donors (Lipinski definition) is 0. The van der Waals surface area contributed by atoms with Crippen LogP contribution in [0.25, 0.3) is 0 Å². The van der Waals surface area contributed by atoms with Gasteiger partial charge in [0, 0.05) is 42.5 Å². The molecule has 340 valence electrons. The molecular formula is C50H60N3O8PS2. The van der Waals surface area contributed by atoms with Gasteiger partial charge in [-0.25, -0.2) is 4.67 Å². The first-order chi connectivity index (χ1) is 31.0. The van der Waals surface area contributed by atoms with Crippen LogP contribution in [0, 0.1) is 23.2 Å². The number of methoxy groups -OCH3 is 2. The second kappa shape index (κ2) is 23.8. The lowest BCUT2D eigenvalue weighted by atomic mass is 9.79. The highest BCUT2D eigenvalue weighted by atomic mass is 33.1. The van der Waals surface area contributed by atoms with E-state index >= 15 is 0 Å². The molecule has 4 aromatic carbocycles. The van der Waals surface area contributed by atoms with Gasteiger partial charge >= 0.3 is 0 Å². The average molecular weight is 926 g/mol. The summed E-state index contributed by atoms with van der Waals surface area (Å²) in [5, 5.41) is 9.33. The summed E-state index contributed by atoms with van der Waals surface area (Å²) in [6, 6.07) is 35.5. The monoisotopic (exact) mass is 925 g/mol. The zero-order chi connectivity index (χ0) is 45.6. The lowest BCUT2D eigenvalue weighted by Gasteiger charge is -2.37. The fourth-order valence-electron chi connectivity index (χ4n) is 8.65. The van der Waals surface area contributed by atoms with Crippen molar-refractivity contribution in [1.29, 1.82) is 5.26 Å². The number of carbonyl (C=O) groups is 3. The largest absolute Gasteiger partial charge is 0.497 e. The number of carbonyl (C=O) groups excluding carboxylic acids is 3. The quantitative estimate of drug-likeness (QED) is 0.0206. The third-order valence-corrected chi connectivity index (χ3v) is 16.3. The van der Waals surface area contributed by atoms with Crippen LogP contribution in [-0.4, -0.2) is 90.8 Å². The van der Waals surface area contributed by atoms with E-state index in [4.69, 9.17) is 23.3 Å². The lowest BCUT2D eigenvalue weighted by molar-refractivity contribution is -0.125. The SMILES string of the molecule is COc1ccc(C(OC[C@@H]2C[C@@H](OP(OCCC#N)N(C(C)C)C(C)C)CC2C(=O)CCCSSCCN2C(=O)c3ccccc3C2=O)(c2ccccc2)c2ccc(OC)cc2)cc1. The van der Waals surface area contributed by atoms with Crippen LogP contribution in [0.4, 0.5) is 0 Å². The second-order valence-corrected chi connectivity index (χ2v) is 20.6. The van der Waals surface area contributed by atoms with Crippen molar-refractivity contribution in [2.75, 3.05) is 45.5 Å². The number of nitriles is 1. The van der Waals surface area contributed by atoms with E-state index in [2.05, 4.69) is 50.6 Å². The molecule has 2 unspecified atom stereocenters. The van der Waals surface area contributed by atoms with Gasteiger partial charge in [-0.15, -0.1) is 0 Å². The molecule has 2 amide bonds. The van der Waals surface area contributed by atoms with Gasteiger partial charge in [0.1, 0.15) is 22.9 Å². The summed E-state index contributed by atoms with van der Waals surface area (Å²) in [5.74, 6) is 2.00. The molecule has 1 fully saturated rings. The Morgan fingerprint density at radius 1 is 0.797 bits per heavy atom. The van der Waals surface area contributed by atoms with Crippen LogP contribution in [0.3, 0.4) is 0 Å². The maximum Gasteiger partial charge on any atom is 0.261 e. The highest BCUT2D eigenvalue weighted by Gasteiger charge is 2.45. The first kappa shape index (κ1) is 49.2. The zero-order valence-corrected chi connectivity index (χ0v) is 40.2. The van der Waals surface area contributed by atoms with Crippen LogP contribution in [-0.2, 0) is 24.2 Å². The minimum Gasteiger partial charge on any atom is -0.497 e. The average Bonchev–Trinajstić information content (AvgIpc) is 3.82. The van der Waals surface area contributed by atoms with Crippen molar-refractivity contribution in [3.05, 3.63) is 131 Å². The predicted molar refractivity (Wildman–Crippen MR) is 256 cm³/mol. The fourth-order valence-corrected chi connectivity index (χ4v) is 12.4. The maximum absolute atomic E-state index is 14.5. The Morgan fingerprint density at radius 2 is 1.34 bits per heavy atom. The van der Waals surface area contributed by atoms with Crippen LogP contribution >= 0.6 is 30.1 Å². The highest BCUT2D eigenvalue weighted by molar-refractivity contribution is 8.76. The second-order valence-electron chi connectivity index (χ2n) is 16.4. The van der Waals surface area contributed by atoms with E-state index in [1.807, 2.05) is 66.7 Å². The van der Waals surface area contributed by atoms with Crippen molar-refractivity contribution < 1.29 is 37.6 Å². The Balaban J connectivity index is 1.21. The lowest BCUT2D eigenvalue weighted by Crippen LogP contribution is -2.36. The van der Waals surface area contributed by atoms with Crippen LogP contribution in [0.2, 0.25) is 0 Å². The van der Waals surface area contributed by atoms with Gasteiger partial charge in [-0.1, -0.05) is 88.3 Å². The van der Waals surface area contributed by atoms with Crippen molar-refractivity contribution in [2.45, 2.75) is 83.6 Å². The number of amides is 2. The standard InChI is InChI=1S/C50H60N3O8PS2/c1-35(2)53(36(3)4)62(60-29-13-27-51)61-43-32-37(46(33-43)47(54)18-12-30-63-64-31-28-52-48(55)44-16-10-11-17-45(44)49(52)56)34-59-50(38-14-8-7-9-15-38,39-19-23-41(57-5)24-20-39)40-21-25-42(58-6)26-22-40/h7-11,14-17,19-26,35-37,43,46H,12-13,18,28-34H2,1-6H3/t37-,43+,46?,62?/m0/s1. The number of ether oxygens (including phenoxy) is 3. The van der Waals surface area contributed by atoms with Gasteiger partial charge in [0.2, 0.25) is 0 Å². The van der Waals surface area contributed by atoms with E-state index in [9.17, 15) is 19.6 Å². The summed E-state index contributed by atoms with van der Waals surface area (Å²) in [4.78, 5) is 41.4. The summed E-state index contributed by atoms with van der Waals surface area (Å²) in [5.41, 5.74) is 2.63. The van der Waals surface area contributed by atoms with E-state index in [1.165, 1.54) is 4.90 Å². The third kappa shape index (κ3) is 11.8. The van der Waals surface area contributed by atoms with Crippen molar-refractivity contribution >= 4 is 47.7 Å². The van der Waals surface area contributed by atoms with Crippen LogP contribution in [0.1, 0.15) is 97.2 Å². The first-order valence-corrected chi connectivity index (χ1v) is 25.6. The van der Waals surface area contributed by atoms with Gasteiger partial charge in [0.25, 0.3) is 20.3 Å². The Morgan fingerprint density at radius 3 is 1.89 bits per heavy atom. The number of rotatable bonds is 25. The van der Waals surface area contributed by atoms with E-state index in [-0.39, 0.29) is 67.3 Å². The number of benzene rings is 4. The van der Waals surface area contributed by atoms with E-state index in [0.29, 0.717) is 49.1 Å². The molecule has 4 atom stereocenters. The van der Waals surface area contributed by atoms with Crippen LogP contribution in [0.5, 0.6) is 11.5 Å². The van der Waals surface area contributed by atoms with Gasteiger partial charge in [-0.3, -0.25) is 19.3 Å². The van der Waals surface area contributed by atoms with Crippen molar-refractivity contribution in [1.82, 2.24) is 9.57 Å². The Kier molecular flexibility index (Phi) is 18.3. The van der Waals surface area contributed by atoms with Crippen molar-refractivity contribution in [2.24, 2.45) is 11.8 Å². The Hall–Kier alpha value is -4.25. The van der Waals surface area contributed by atoms with Gasteiger partial charge in [-0.05, 0) is 106 Å². The molecule has 1 aliphatic heterocycles. The van der Waals surface area contributed by atoms with E-state index in [0.717, 1.165) is 33.9 Å². The van der Waals surface area contributed by atoms with Crippen LogP contribution in [0.15, 0.2) is 103 Å². The molecule has 0 saturated heterocycles. The molecule has 1 saturated carbocycles. The molecule has 2 aliphatic rings. The summed E-state index contributed by atoms with van der Waals surface area (Å²) in [6.07, 6.45) is 2.20. The minimum atomic E-state index is -1.52. The van der Waals surface area contributed by atoms with Gasteiger partial charge < -0.3 is 23.3 Å². The molecule has 0 bridgehead atoms. The minimum absolute atomic E-state index is 0.134. The fraction of sp³-hybridized carbons (Fsp3) is 0.440. The molecule has 14 heteroatoms. The molecule has 0 spiro atoms. The molecule has 0 N–H and O–H groups in total. The molecule has 11 nitrogen and oxygen atoms in total. The van der Waals surface area contributed by atoms with Crippen molar-refractivity contribution in [3.8, 4) is 17.6 Å². The Labute approximate surface area is 387 Å². The Bertz CT molecular complexity index is 2100. The molecule has 1 aliphatic carbocycles. The smallest absolute Gasteiger partial charge is 0.261 e.